The van der Waals surface area contributed by atoms with E-state index in [9.17, 15) is 0 Å². The fourth-order valence-electron chi connectivity index (χ4n) is 2.34. The Hall–Kier alpha value is 0.270. The Morgan fingerprint density at radius 2 is 2.31 bits per heavy atom. The first kappa shape index (κ1) is 9.81. The third kappa shape index (κ3) is 2.39. The molecule has 2 nitrogen and oxygen atoms in total. The molecule has 0 saturated carbocycles. The fraction of sp³-hybridized carbons (Fsp3) is 1.00. The van der Waals surface area contributed by atoms with Gasteiger partial charge in [-0.05, 0) is 29.8 Å². The van der Waals surface area contributed by atoms with Crippen molar-refractivity contribution >= 4 is 11.8 Å². The summed E-state index contributed by atoms with van der Waals surface area (Å²) >= 11 is 2.11. The molecule has 0 aliphatic carbocycles. The van der Waals surface area contributed by atoms with Crippen LogP contribution in [0.4, 0.5) is 0 Å². The van der Waals surface area contributed by atoms with Crippen molar-refractivity contribution in [2.24, 2.45) is 17.6 Å². The molecule has 0 aromatic heterocycles. The van der Waals surface area contributed by atoms with Crippen LogP contribution in [0.5, 0.6) is 0 Å². The van der Waals surface area contributed by atoms with Crippen LogP contribution in [0.15, 0.2) is 0 Å². The SMILES string of the molecule is CC1CN(CC2CCSC2)CC1N. The number of nitrogens with zero attached hydrogens (tertiary/aromatic N) is 1. The van der Waals surface area contributed by atoms with Gasteiger partial charge in [-0.25, -0.2) is 0 Å². The van der Waals surface area contributed by atoms with Crippen LogP contribution in [-0.2, 0) is 0 Å². The van der Waals surface area contributed by atoms with Gasteiger partial charge in [0, 0.05) is 25.7 Å². The van der Waals surface area contributed by atoms with Crippen LogP contribution in [0.3, 0.4) is 0 Å². The Kier molecular flexibility index (Phi) is 3.17. The van der Waals surface area contributed by atoms with E-state index in [1.54, 1.807) is 0 Å². The Morgan fingerprint density at radius 3 is 2.85 bits per heavy atom. The van der Waals surface area contributed by atoms with Crippen LogP contribution in [0.1, 0.15) is 13.3 Å². The number of hydrogen-bond acceptors (Lipinski definition) is 3. The molecule has 0 radical (unpaired) electrons. The summed E-state index contributed by atoms with van der Waals surface area (Å²) in [6.07, 6.45) is 1.42. The van der Waals surface area contributed by atoms with Crippen LogP contribution in [-0.4, -0.2) is 42.1 Å². The summed E-state index contributed by atoms with van der Waals surface area (Å²) < 4.78 is 0. The molecule has 3 atom stereocenters. The third-order valence-corrected chi connectivity index (χ3v) is 4.52. The van der Waals surface area contributed by atoms with Gasteiger partial charge < -0.3 is 10.6 Å². The topological polar surface area (TPSA) is 29.3 Å². The van der Waals surface area contributed by atoms with Gasteiger partial charge in [0.1, 0.15) is 0 Å². The minimum Gasteiger partial charge on any atom is -0.326 e. The average Bonchev–Trinajstić information content (AvgIpc) is 2.64. The van der Waals surface area contributed by atoms with Gasteiger partial charge in [-0.1, -0.05) is 6.92 Å². The van der Waals surface area contributed by atoms with E-state index in [1.807, 2.05) is 0 Å². The zero-order chi connectivity index (χ0) is 9.26. The average molecular weight is 200 g/mol. The second-order valence-electron chi connectivity index (χ2n) is 4.59. The first-order chi connectivity index (χ1) is 6.25. The van der Waals surface area contributed by atoms with Gasteiger partial charge in [0.15, 0.2) is 0 Å². The van der Waals surface area contributed by atoms with Crippen molar-refractivity contribution in [3.05, 3.63) is 0 Å². The highest BCUT2D eigenvalue weighted by molar-refractivity contribution is 7.99. The Balaban J connectivity index is 1.76. The highest BCUT2D eigenvalue weighted by atomic mass is 32.2. The molecule has 2 saturated heterocycles. The van der Waals surface area contributed by atoms with E-state index < -0.39 is 0 Å². The summed E-state index contributed by atoms with van der Waals surface area (Å²) in [6, 6.07) is 0.425. The molecule has 0 aromatic carbocycles. The summed E-state index contributed by atoms with van der Waals surface area (Å²) in [5, 5.41) is 0. The standard InChI is InChI=1S/C10H20N2S/c1-8-4-12(6-10(8)11)5-9-2-3-13-7-9/h8-10H,2-7,11H2,1H3. The maximum absolute atomic E-state index is 6.00. The van der Waals surface area contributed by atoms with Gasteiger partial charge in [-0.3, -0.25) is 0 Å². The van der Waals surface area contributed by atoms with E-state index in [2.05, 4.69) is 23.6 Å². The van der Waals surface area contributed by atoms with Crippen LogP contribution in [0, 0.1) is 11.8 Å². The number of likely N-dealkylation sites (tertiary alicyclic amines) is 1. The van der Waals surface area contributed by atoms with E-state index in [0.717, 1.165) is 12.5 Å². The molecule has 3 heteroatoms. The predicted octanol–water partition coefficient (Wildman–Crippen LogP) is 1.02. The van der Waals surface area contributed by atoms with Crippen LogP contribution >= 0.6 is 11.8 Å². The molecule has 2 aliphatic heterocycles. The lowest BCUT2D eigenvalue weighted by Gasteiger charge is -2.19. The van der Waals surface area contributed by atoms with Crippen molar-refractivity contribution in [1.82, 2.24) is 4.90 Å². The summed E-state index contributed by atoms with van der Waals surface area (Å²) in [7, 11) is 0. The van der Waals surface area contributed by atoms with Crippen LogP contribution in [0.2, 0.25) is 0 Å². The van der Waals surface area contributed by atoms with Gasteiger partial charge in [0.25, 0.3) is 0 Å². The van der Waals surface area contributed by atoms with Gasteiger partial charge in [0.05, 0.1) is 0 Å². The lowest BCUT2D eigenvalue weighted by Crippen LogP contribution is -2.31. The normalized spacial score (nSPS) is 41.5. The number of rotatable bonds is 2. The van der Waals surface area contributed by atoms with E-state index in [-0.39, 0.29) is 0 Å². The lowest BCUT2D eigenvalue weighted by molar-refractivity contribution is 0.282. The van der Waals surface area contributed by atoms with Crippen molar-refractivity contribution in [2.75, 3.05) is 31.1 Å². The first-order valence-electron chi connectivity index (χ1n) is 5.31. The number of nitrogens with two attached hydrogens (primary N) is 1. The summed E-state index contributed by atoms with van der Waals surface area (Å²) in [6.45, 7) is 5.92. The largest absolute Gasteiger partial charge is 0.326 e. The van der Waals surface area contributed by atoms with E-state index >= 15 is 0 Å². The Morgan fingerprint density at radius 1 is 1.46 bits per heavy atom. The molecule has 76 valence electrons. The molecule has 2 fully saturated rings. The number of hydrogen-bond donors (Lipinski definition) is 1. The molecule has 2 N–H and O–H groups in total. The molecule has 2 aliphatic rings. The quantitative estimate of drug-likeness (QED) is 0.721. The molecule has 3 unspecified atom stereocenters. The first-order valence-corrected chi connectivity index (χ1v) is 6.47. The maximum atomic E-state index is 6.00. The zero-order valence-electron chi connectivity index (χ0n) is 8.41. The van der Waals surface area contributed by atoms with Crippen molar-refractivity contribution in [1.29, 1.82) is 0 Å². The van der Waals surface area contributed by atoms with Crippen molar-refractivity contribution in [3.8, 4) is 0 Å². The Labute approximate surface area is 85.2 Å². The number of thioether (sulfide) groups is 1. The van der Waals surface area contributed by atoms with Crippen LogP contribution < -0.4 is 5.73 Å². The van der Waals surface area contributed by atoms with Crippen LogP contribution in [0.25, 0.3) is 0 Å². The highest BCUT2D eigenvalue weighted by Crippen LogP contribution is 2.26. The molecule has 2 rings (SSSR count). The van der Waals surface area contributed by atoms with E-state index in [4.69, 9.17) is 5.73 Å². The van der Waals surface area contributed by atoms with Crippen molar-refractivity contribution in [3.63, 3.8) is 0 Å². The fourth-order valence-corrected chi connectivity index (χ4v) is 3.61. The summed E-state index contributed by atoms with van der Waals surface area (Å²) in [5.74, 6) is 4.40. The second kappa shape index (κ2) is 4.20. The molecule has 0 amide bonds. The monoisotopic (exact) mass is 200 g/mol. The van der Waals surface area contributed by atoms with Gasteiger partial charge >= 0.3 is 0 Å². The zero-order valence-corrected chi connectivity index (χ0v) is 9.22. The smallest absolute Gasteiger partial charge is 0.0206 e. The van der Waals surface area contributed by atoms with Crippen molar-refractivity contribution < 1.29 is 0 Å². The highest BCUT2D eigenvalue weighted by Gasteiger charge is 2.28. The molecular formula is C10H20N2S. The van der Waals surface area contributed by atoms with Gasteiger partial charge in [0.2, 0.25) is 0 Å². The maximum Gasteiger partial charge on any atom is 0.0206 e. The molecule has 2 heterocycles. The molecule has 0 bridgehead atoms. The molecule has 0 spiro atoms. The third-order valence-electron chi connectivity index (χ3n) is 3.29. The summed E-state index contributed by atoms with van der Waals surface area (Å²) in [5.41, 5.74) is 6.00. The molecule has 13 heavy (non-hydrogen) atoms. The second-order valence-corrected chi connectivity index (χ2v) is 5.74. The molecule has 0 aromatic rings. The minimum atomic E-state index is 0.425. The van der Waals surface area contributed by atoms with E-state index in [1.165, 1.54) is 31.0 Å². The lowest BCUT2D eigenvalue weighted by atomic mass is 10.1. The summed E-state index contributed by atoms with van der Waals surface area (Å²) in [4.78, 5) is 2.56. The van der Waals surface area contributed by atoms with Crippen molar-refractivity contribution in [2.45, 2.75) is 19.4 Å². The van der Waals surface area contributed by atoms with Gasteiger partial charge in [-0.2, -0.15) is 11.8 Å². The minimum absolute atomic E-state index is 0.425. The van der Waals surface area contributed by atoms with E-state index in [0.29, 0.717) is 12.0 Å². The predicted molar refractivity (Wildman–Crippen MR) is 59.0 cm³/mol. The van der Waals surface area contributed by atoms with Gasteiger partial charge in [-0.15, -0.1) is 0 Å². The molecular weight excluding hydrogens is 180 g/mol. The Bertz CT molecular complexity index is 158.